The van der Waals surface area contributed by atoms with Gasteiger partial charge in [0.25, 0.3) is 0 Å². The zero-order valence-electron chi connectivity index (χ0n) is 11.4. The second kappa shape index (κ2) is 6.32. The lowest BCUT2D eigenvalue weighted by Crippen LogP contribution is -2.39. The summed E-state index contributed by atoms with van der Waals surface area (Å²) < 4.78 is 1.93. The normalized spacial score (nSPS) is 16.2. The molecule has 0 aliphatic rings. The van der Waals surface area contributed by atoms with Crippen LogP contribution in [0.1, 0.15) is 25.8 Å². The minimum atomic E-state index is -0.806. The van der Waals surface area contributed by atoms with Gasteiger partial charge in [-0.3, -0.25) is 4.68 Å². The van der Waals surface area contributed by atoms with Gasteiger partial charge in [0.15, 0.2) is 0 Å². The van der Waals surface area contributed by atoms with Gasteiger partial charge >= 0.3 is 0 Å². The number of aliphatic hydroxyl groups is 1. The van der Waals surface area contributed by atoms with E-state index in [2.05, 4.69) is 17.3 Å². The maximum atomic E-state index is 10.4. The van der Waals surface area contributed by atoms with Gasteiger partial charge < -0.3 is 10.4 Å². The van der Waals surface area contributed by atoms with Crippen molar-refractivity contribution in [1.29, 1.82) is 0 Å². The number of aryl methyl sites for hydroxylation is 1. The van der Waals surface area contributed by atoms with E-state index in [0.717, 1.165) is 18.5 Å². The number of aromatic nitrogens is 2. The second-order valence-corrected chi connectivity index (χ2v) is 5.91. The fraction of sp³-hybridized carbons (Fsp3) is 0.500. The van der Waals surface area contributed by atoms with E-state index in [4.69, 9.17) is 0 Å². The molecule has 0 radical (unpaired) electrons. The van der Waals surface area contributed by atoms with Gasteiger partial charge in [0, 0.05) is 31.5 Å². The van der Waals surface area contributed by atoms with E-state index in [9.17, 15) is 5.11 Å². The maximum Gasteiger partial charge on any atom is 0.1000 e. The molecular formula is C14H21N3OS. The molecule has 2 rings (SSSR count). The third-order valence-corrected chi connectivity index (χ3v) is 3.97. The first-order chi connectivity index (χ1) is 9.08. The van der Waals surface area contributed by atoms with E-state index in [1.807, 2.05) is 40.7 Å². The molecule has 104 valence electrons. The summed E-state index contributed by atoms with van der Waals surface area (Å²) in [5.74, 6) is 0. The summed E-state index contributed by atoms with van der Waals surface area (Å²) in [6.07, 6.45) is 4.75. The van der Waals surface area contributed by atoms with Crippen LogP contribution in [0, 0.1) is 0 Å². The van der Waals surface area contributed by atoms with Gasteiger partial charge in [-0.1, -0.05) is 0 Å². The summed E-state index contributed by atoms with van der Waals surface area (Å²) in [6.45, 7) is 5.43. The molecule has 19 heavy (non-hydrogen) atoms. The van der Waals surface area contributed by atoms with Gasteiger partial charge in [-0.05, 0) is 48.7 Å². The number of hydrogen-bond donors (Lipinski definition) is 2. The van der Waals surface area contributed by atoms with Crippen LogP contribution in [-0.4, -0.2) is 27.5 Å². The Morgan fingerprint density at radius 2 is 2.42 bits per heavy atom. The minimum absolute atomic E-state index is 0.342. The Labute approximate surface area is 118 Å². The van der Waals surface area contributed by atoms with Crippen molar-refractivity contribution >= 4 is 11.3 Å². The molecule has 2 atom stereocenters. The van der Waals surface area contributed by atoms with Gasteiger partial charge in [-0.25, -0.2) is 0 Å². The average Bonchev–Trinajstić information content (AvgIpc) is 3.06. The Hall–Kier alpha value is -1.17. The van der Waals surface area contributed by atoms with Crippen LogP contribution in [0.25, 0.3) is 0 Å². The van der Waals surface area contributed by atoms with E-state index in [-0.39, 0.29) is 0 Å². The first kappa shape index (κ1) is 14.2. The topological polar surface area (TPSA) is 50.1 Å². The second-order valence-electron chi connectivity index (χ2n) is 5.13. The van der Waals surface area contributed by atoms with Crippen LogP contribution in [0.2, 0.25) is 0 Å². The van der Waals surface area contributed by atoms with Crippen LogP contribution >= 0.6 is 11.3 Å². The lowest BCUT2D eigenvalue weighted by molar-refractivity contribution is 0.0543. The number of nitrogens with one attached hydrogen (secondary N) is 1. The SMILES string of the molecule is CC(CCn1cccn1)NCC(C)(O)c1ccsc1. The number of thiophene rings is 1. The van der Waals surface area contributed by atoms with Crippen molar-refractivity contribution in [3.8, 4) is 0 Å². The minimum Gasteiger partial charge on any atom is -0.384 e. The molecule has 0 saturated carbocycles. The highest BCUT2D eigenvalue weighted by Crippen LogP contribution is 2.22. The number of hydrogen-bond acceptors (Lipinski definition) is 4. The molecule has 0 aliphatic carbocycles. The van der Waals surface area contributed by atoms with Crippen LogP contribution in [0.5, 0.6) is 0 Å². The van der Waals surface area contributed by atoms with E-state index in [1.54, 1.807) is 17.5 Å². The van der Waals surface area contributed by atoms with E-state index in [0.29, 0.717) is 12.6 Å². The Bertz CT molecular complexity index is 465. The van der Waals surface area contributed by atoms with Gasteiger partial charge in [0.1, 0.15) is 0 Å². The lowest BCUT2D eigenvalue weighted by atomic mass is 9.99. The summed E-state index contributed by atoms with van der Waals surface area (Å²) in [7, 11) is 0. The molecule has 0 aliphatic heterocycles. The van der Waals surface area contributed by atoms with Crippen molar-refractivity contribution in [2.24, 2.45) is 0 Å². The van der Waals surface area contributed by atoms with E-state index >= 15 is 0 Å². The van der Waals surface area contributed by atoms with Crippen molar-refractivity contribution in [2.45, 2.75) is 38.5 Å². The largest absolute Gasteiger partial charge is 0.384 e. The monoisotopic (exact) mass is 279 g/mol. The highest BCUT2D eigenvalue weighted by atomic mass is 32.1. The number of nitrogens with zero attached hydrogens (tertiary/aromatic N) is 2. The van der Waals surface area contributed by atoms with Gasteiger partial charge in [-0.2, -0.15) is 16.4 Å². The molecule has 5 heteroatoms. The van der Waals surface area contributed by atoms with E-state index < -0.39 is 5.60 Å². The van der Waals surface area contributed by atoms with Gasteiger partial charge in [-0.15, -0.1) is 0 Å². The molecule has 2 aromatic heterocycles. The van der Waals surface area contributed by atoms with Crippen molar-refractivity contribution in [1.82, 2.24) is 15.1 Å². The quantitative estimate of drug-likeness (QED) is 0.817. The summed E-state index contributed by atoms with van der Waals surface area (Å²) in [6, 6.07) is 4.24. The van der Waals surface area contributed by atoms with Crippen LogP contribution < -0.4 is 5.32 Å². The molecule has 0 saturated heterocycles. The predicted molar refractivity (Wildman–Crippen MR) is 78.2 cm³/mol. The lowest BCUT2D eigenvalue weighted by Gasteiger charge is -2.25. The Morgan fingerprint density at radius 1 is 1.58 bits per heavy atom. The maximum absolute atomic E-state index is 10.4. The summed E-state index contributed by atoms with van der Waals surface area (Å²) in [5.41, 5.74) is 0.171. The zero-order valence-corrected chi connectivity index (χ0v) is 12.2. The molecule has 2 unspecified atom stereocenters. The molecule has 2 heterocycles. The van der Waals surface area contributed by atoms with E-state index in [1.165, 1.54) is 0 Å². The van der Waals surface area contributed by atoms with Gasteiger partial charge in [0.2, 0.25) is 0 Å². The third kappa shape index (κ3) is 4.16. The molecule has 0 aromatic carbocycles. The molecule has 0 bridgehead atoms. The van der Waals surface area contributed by atoms with Crippen molar-refractivity contribution in [3.63, 3.8) is 0 Å². The fourth-order valence-corrected chi connectivity index (χ4v) is 2.69. The molecule has 4 nitrogen and oxygen atoms in total. The van der Waals surface area contributed by atoms with Crippen molar-refractivity contribution in [2.75, 3.05) is 6.54 Å². The summed E-state index contributed by atoms with van der Waals surface area (Å²) in [4.78, 5) is 0. The van der Waals surface area contributed by atoms with Crippen LogP contribution in [0.4, 0.5) is 0 Å². The molecule has 2 aromatic rings. The first-order valence-electron chi connectivity index (χ1n) is 6.54. The van der Waals surface area contributed by atoms with Crippen LogP contribution in [-0.2, 0) is 12.1 Å². The van der Waals surface area contributed by atoms with Crippen molar-refractivity contribution < 1.29 is 5.11 Å². The smallest absolute Gasteiger partial charge is 0.1000 e. The molecule has 2 N–H and O–H groups in total. The molecule has 0 spiro atoms. The third-order valence-electron chi connectivity index (χ3n) is 3.29. The predicted octanol–water partition coefficient (Wildman–Crippen LogP) is 2.22. The first-order valence-corrected chi connectivity index (χ1v) is 7.48. The highest BCUT2D eigenvalue weighted by molar-refractivity contribution is 7.08. The number of rotatable bonds is 7. The Kier molecular flexibility index (Phi) is 4.74. The van der Waals surface area contributed by atoms with Crippen LogP contribution in [0.3, 0.4) is 0 Å². The Morgan fingerprint density at radius 3 is 3.05 bits per heavy atom. The summed E-state index contributed by atoms with van der Waals surface area (Å²) >= 11 is 1.61. The standard InChI is InChI=1S/C14H21N3OS/c1-12(4-8-17-7-3-6-16-17)15-11-14(2,18)13-5-9-19-10-13/h3,5-7,9-10,12,15,18H,4,8,11H2,1-2H3. The zero-order chi connectivity index (χ0) is 13.7. The Balaban J connectivity index is 1.75. The van der Waals surface area contributed by atoms with Crippen molar-refractivity contribution in [3.05, 3.63) is 40.8 Å². The molecule has 0 amide bonds. The highest BCUT2D eigenvalue weighted by Gasteiger charge is 2.23. The summed E-state index contributed by atoms with van der Waals surface area (Å²) in [5, 5.41) is 22.0. The van der Waals surface area contributed by atoms with Crippen LogP contribution in [0.15, 0.2) is 35.3 Å². The fourth-order valence-electron chi connectivity index (χ4n) is 1.91. The average molecular weight is 279 g/mol. The van der Waals surface area contributed by atoms with Gasteiger partial charge in [0.05, 0.1) is 5.60 Å². The molecular weight excluding hydrogens is 258 g/mol. The molecule has 0 fully saturated rings.